The molecule has 3 rings (SSSR count). The SMILES string of the molecule is COc1ccc2ncc(-c3ccc(OC(F)(F)F)cc3)n2n1. The van der Waals surface area contributed by atoms with Gasteiger partial charge < -0.3 is 9.47 Å². The number of alkyl halides is 3. The van der Waals surface area contributed by atoms with Crippen LogP contribution in [-0.4, -0.2) is 28.1 Å². The van der Waals surface area contributed by atoms with Crippen molar-refractivity contribution in [2.45, 2.75) is 6.36 Å². The van der Waals surface area contributed by atoms with E-state index in [9.17, 15) is 13.2 Å². The van der Waals surface area contributed by atoms with Crippen LogP contribution in [0.1, 0.15) is 0 Å². The predicted octanol–water partition coefficient (Wildman–Crippen LogP) is 3.30. The molecule has 8 heteroatoms. The summed E-state index contributed by atoms with van der Waals surface area (Å²) in [5, 5.41) is 4.23. The summed E-state index contributed by atoms with van der Waals surface area (Å²) in [7, 11) is 1.49. The van der Waals surface area contributed by atoms with E-state index in [1.54, 1.807) is 22.8 Å². The summed E-state index contributed by atoms with van der Waals surface area (Å²) in [5.74, 6) is 0.124. The lowest BCUT2D eigenvalue weighted by molar-refractivity contribution is -0.274. The van der Waals surface area contributed by atoms with E-state index >= 15 is 0 Å². The van der Waals surface area contributed by atoms with Gasteiger partial charge in [-0.3, -0.25) is 0 Å². The molecule has 0 aliphatic heterocycles. The Hall–Kier alpha value is -2.77. The number of benzene rings is 1. The number of halogens is 3. The highest BCUT2D eigenvalue weighted by molar-refractivity contribution is 5.63. The van der Waals surface area contributed by atoms with E-state index in [0.717, 1.165) is 0 Å². The first-order chi connectivity index (χ1) is 10.5. The van der Waals surface area contributed by atoms with Crippen molar-refractivity contribution in [3.05, 3.63) is 42.6 Å². The van der Waals surface area contributed by atoms with E-state index in [0.29, 0.717) is 22.8 Å². The fraction of sp³-hybridized carbons (Fsp3) is 0.143. The molecule has 2 heterocycles. The van der Waals surface area contributed by atoms with Gasteiger partial charge in [-0.1, -0.05) is 0 Å². The molecule has 0 aliphatic carbocycles. The van der Waals surface area contributed by atoms with E-state index < -0.39 is 6.36 Å². The van der Waals surface area contributed by atoms with Crippen LogP contribution in [0, 0.1) is 0 Å². The van der Waals surface area contributed by atoms with E-state index in [-0.39, 0.29) is 5.75 Å². The van der Waals surface area contributed by atoms with Crippen LogP contribution in [0.5, 0.6) is 11.6 Å². The maximum atomic E-state index is 12.1. The molecule has 0 fully saturated rings. The zero-order valence-corrected chi connectivity index (χ0v) is 11.3. The number of aromatic nitrogens is 3. The molecule has 0 saturated carbocycles. The van der Waals surface area contributed by atoms with Gasteiger partial charge in [0.1, 0.15) is 5.75 Å². The first kappa shape index (κ1) is 14.2. The molecule has 5 nitrogen and oxygen atoms in total. The third-order valence-electron chi connectivity index (χ3n) is 2.93. The summed E-state index contributed by atoms with van der Waals surface area (Å²) in [6.45, 7) is 0. The number of ether oxygens (including phenoxy) is 2. The zero-order chi connectivity index (χ0) is 15.7. The minimum Gasteiger partial charge on any atom is -0.480 e. The van der Waals surface area contributed by atoms with Gasteiger partial charge >= 0.3 is 6.36 Å². The number of nitrogens with zero attached hydrogens (tertiary/aromatic N) is 3. The van der Waals surface area contributed by atoms with Gasteiger partial charge in [0.15, 0.2) is 5.65 Å². The topological polar surface area (TPSA) is 48.7 Å². The maximum absolute atomic E-state index is 12.1. The van der Waals surface area contributed by atoms with Gasteiger partial charge in [-0.2, -0.15) is 0 Å². The molecule has 22 heavy (non-hydrogen) atoms. The Balaban J connectivity index is 1.97. The Morgan fingerprint density at radius 3 is 2.41 bits per heavy atom. The molecule has 0 spiro atoms. The monoisotopic (exact) mass is 309 g/mol. The standard InChI is InChI=1S/C14H10F3N3O2/c1-21-13-7-6-12-18-8-11(20(12)19-13)9-2-4-10(5-3-9)22-14(15,16)17/h2-8H,1H3. The van der Waals surface area contributed by atoms with Gasteiger partial charge in [0.05, 0.1) is 19.0 Å². The molecular weight excluding hydrogens is 299 g/mol. The highest BCUT2D eigenvalue weighted by Crippen LogP contribution is 2.27. The molecule has 2 aromatic heterocycles. The van der Waals surface area contributed by atoms with Gasteiger partial charge in [0.2, 0.25) is 5.88 Å². The normalized spacial score (nSPS) is 11.6. The number of rotatable bonds is 3. The number of imidazole rings is 1. The van der Waals surface area contributed by atoms with Gasteiger partial charge in [-0.25, -0.2) is 9.50 Å². The third kappa shape index (κ3) is 2.80. The highest BCUT2D eigenvalue weighted by Gasteiger charge is 2.31. The van der Waals surface area contributed by atoms with Crippen LogP contribution < -0.4 is 9.47 Å². The predicted molar refractivity (Wildman–Crippen MR) is 71.7 cm³/mol. The lowest BCUT2D eigenvalue weighted by atomic mass is 10.1. The Bertz CT molecular complexity index is 797. The second-order valence-electron chi connectivity index (χ2n) is 4.36. The molecule has 0 radical (unpaired) electrons. The van der Waals surface area contributed by atoms with Gasteiger partial charge in [-0.15, -0.1) is 18.3 Å². The molecular formula is C14H10F3N3O2. The molecule has 0 bridgehead atoms. The van der Waals surface area contributed by atoms with Crippen molar-refractivity contribution < 1.29 is 22.6 Å². The molecule has 1 aromatic carbocycles. The summed E-state index contributed by atoms with van der Waals surface area (Å²) < 4.78 is 46.9. The number of fused-ring (bicyclic) bond motifs is 1. The number of methoxy groups -OCH3 is 1. The minimum atomic E-state index is -4.71. The van der Waals surface area contributed by atoms with E-state index in [4.69, 9.17) is 4.74 Å². The molecule has 3 aromatic rings. The van der Waals surface area contributed by atoms with E-state index in [1.807, 2.05) is 0 Å². The van der Waals surface area contributed by atoms with Crippen LogP contribution >= 0.6 is 0 Å². The van der Waals surface area contributed by atoms with Crippen molar-refractivity contribution in [3.63, 3.8) is 0 Å². The molecule has 0 unspecified atom stereocenters. The van der Waals surface area contributed by atoms with Crippen LogP contribution in [0.2, 0.25) is 0 Å². The first-order valence-corrected chi connectivity index (χ1v) is 6.21. The van der Waals surface area contributed by atoms with Crippen molar-refractivity contribution in [3.8, 4) is 22.9 Å². The summed E-state index contributed by atoms with van der Waals surface area (Å²) in [6.07, 6.45) is -3.12. The van der Waals surface area contributed by atoms with Crippen molar-refractivity contribution in [2.75, 3.05) is 7.11 Å². The van der Waals surface area contributed by atoms with E-state index in [2.05, 4.69) is 14.8 Å². The molecule has 114 valence electrons. The van der Waals surface area contributed by atoms with Gasteiger partial charge in [0, 0.05) is 11.6 Å². The second kappa shape index (κ2) is 5.21. The Morgan fingerprint density at radius 2 is 1.77 bits per heavy atom. The van der Waals surface area contributed by atoms with Crippen LogP contribution in [0.4, 0.5) is 13.2 Å². The highest BCUT2D eigenvalue weighted by atomic mass is 19.4. The fourth-order valence-electron chi connectivity index (χ4n) is 1.99. The summed E-state index contributed by atoms with van der Waals surface area (Å²) >= 11 is 0. The zero-order valence-electron chi connectivity index (χ0n) is 11.3. The summed E-state index contributed by atoms with van der Waals surface area (Å²) in [6, 6.07) is 8.89. The van der Waals surface area contributed by atoms with Crippen LogP contribution in [-0.2, 0) is 0 Å². The third-order valence-corrected chi connectivity index (χ3v) is 2.93. The Morgan fingerprint density at radius 1 is 1.05 bits per heavy atom. The average Bonchev–Trinajstić information content (AvgIpc) is 2.89. The van der Waals surface area contributed by atoms with Gasteiger partial charge in [0.25, 0.3) is 0 Å². The average molecular weight is 309 g/mol. The lowest BCUT2D eigenvalue weighted by Crippen LogP contribution is -2.16. The van der Waals surface area contributed by atoms with Crippen LogP contribution in [0.25, 0.3) is 16.9 Å². The van der Waals surface area contributed by atoms with Crippen molar-refractivity contribution in [2.24, 2.45) is 0 Å². The maximum Gasteiger partial charge on any atom is 0.573 e. The number of hydrogen-bond acceptors (Lipinski definition) is 4. The van der Waals surface area contributed by atoms with Crippen molar-refractivity contribution in [1.29, 1.82) is 0 Å². The largest absolute Gasteiger partial charge is 0.573 e. The molecule has 0 N–H and O–H groups in total. The van der Waals surface area contributed by atoms with E-state index in [1.165, 1.54) is 31.4 Å². The molecule has 0 atom stereocenters. The van der Waals surface area contributed by atoms with Gasteiger partial charge in [-0.05, 0) is 30.3 Å². The Kier molecular flexibility index (Phi) is 3.36. The van der Waals surface area contributed by atoms with Crippen LogP contribution in [0.15, 0.2) is 42.6 Å². The summed E-state index contributed by atoms with van der Waals surface area (Å²) in [4.78, 5) is 4.19. The van der Waals surface area contributed by atoms with Crippen molar-refractivity contribution >= 4 is 5.65 Å². The number of hydrogen-bond donors (Lipinski definition) is 0. The summed E-state index contributed by atoms with van der Waals surface area (Å²) in [5.41, 5.74) is 1.89. The van der Waals surface area contributed by atoms with Crippen molar-refractivity contribution in [1.82, 2.24) is 14.6 Å². The lowest BCUT2D eigenvalue weighted by Gasteiger charge is -2.09. The first-order valence-electron chi connectivity index (χ1n) is 6.21. The van der Waals surface area contributed by atoms with Crippen LogP contribution in [0.3, 0.4) is 0 Å². The Labute approximate surface area is 122 Å². The molecule has 0 saturated heterocycles. The quantitative estimate of drug-likeness (QED) is 0.745. The molecule has 0 aliphatic rings. The molecule has 0 amide bonds. The smallest absolute Gasteiger partial charge is 0.480 e. The second-order valence-corrected chi connectivity index (χ2v) is 4.36. The minimum absolute atomic E-state index is 0.282. The fourth-order valence-corrected chi connectivity index (χ4v) is 1.99.